The number of hydrogen-bond acceptors (Lipinski definition) is 0. The summed E-state index contributed by atoms with van der Waals surface area (Å²) < 4.78 is 0. The summed E-state index contributed by atoms with van der Waals surface area (Å²) in [5, 5.41) is 0. The van der Waals surface area contributed by atoms with Crippen LogP contribution >= 0.6 is 0 Å². The van der Waals surface area contributed by atoms with Gasteiger partial charge in [-0.2, -0.15) is 0 Å². The van der Waals surface area contributed by atoms with E-state index in [0.29, 0.717) is 0 Å². The largest absolute Gasteiger partial charge is 0.103 e. The third kappa shape index (κ3) is 1.26. The Morgan fingerprint density at radius 2 is 2.38 bits per heavy atom. The van der Waals surface area contributed by atoms with Gasteiger partial charge in [0.15, 0.2) is 0 Å². The molecule has 0 aliphatic heterocycles. The van der Waals surface area contributed by atoms with Crippen LogP contribution in [0.25, 0.3) is 0 Å². The fourth-order valence-corrected chi connectivity index (χ4v) is 1.03. The first-order valence-corrected chi connectivity index (χ1v) is 3.39. The van der Waals surface area contributed by atoms with Gasteiger partial charge in [-0.25, -0.2) is 0 Å². The summed E-state index contributed by atoms with van der Waals surface area (Å²) in [5.74, 6) is 7.15. The van der Waals surface area contributed by atoms with Gasteiger partial charge in [-0.15, -0.1) is 11.8 Å². The maximum atomic E-state index is 3.14. The second-order valence-electron chi connectivity index (χ2n) is 2.37. The molecule has 0 aromatic heterocycles. The van der Waals surface area contributed by atoms with Crippen LogP contribution in [0.2, 0.25) is 0 Å². The smallest absolute Gasteiger partial charge is 0.0117 e. The Bertz CT molecular complexity index is 114. The summed E-state index contributed by atoms with van der Waals surface area (Å²) in [6.45, 7) is 2.25. The van der Waals surface area contributed by atoms with E-state index >= 15 is 0 Å². The Balaban J connectivity index is 2.32. The maximum absolute atomic E-state index is 3.14. The van der Waals surface area contributed by atoms with Crippen LogP contribution in [0, 0.1) is 17.8 Å². The van der Waals surface area contributed by atoms with Crippen molar-refractivity contribution in [2.75, 3.05) is 0 Å². The maximum Gasteiger partial charge on any atom is 0.0117 e. The highest BCUT2D eigenvalue weighted by atomic mass is 14.1. The third-order valence-corrected chi connectivity index (χ3v) is 1.77. The molecule has 0 bridgehead atoms. The lowest BCUT2D eigenvalue weighted by Crippen LogP contribution is -1.99. The molecule has 0 aromatic carbocycles. The summed E-state index contributed by atoms with van der Waals surface area (Å²) in [6, 6.07) is 0. The first-order chi connectivity index (χ1) is 3.93. The van der Waals surface area contributed by atoms with Crippen molar-refractivity contribution in [3.05, 3.63) is 0 Å². The topological polar surface area (TPSA) is 0 Å². The van der Waals surface area contributed by atoms with E-state index in [-0.39, 0.29) is 0 Å². The van der Waals surface area contributed by atoms with Gasteiger partial charge in [0, 0.05) is 12.8 Å². The van der Waals surface area contributed by atoms with Crippen LogP contribution in [0.15, 0.2) is 0 Å². The lowest BCUT2D eigenvalue weighted by Gasteiger charge is -2.10. The molecule has 44 valence electrons. The molecule has 1 unspecified atom stereocenters. The quantitative estimate of drug-likeness (QED) is 0.452. The molecule has 1 aliphatic rings. The zero-order valence-electron chi connectivity index (χ0n) is 5.41. The minimum absolute atomic E-state index is 0.913. The molecule has 0 spiro atoms. The van der Waals surface area contributed by atoms with Crippen molar-refractivity contribution in [1.29, 1.82) is 0 Å². The normalized spacial score (nSPS) is 26.4. The van der Waals surface area contributed by atoms with E-state index in [9.17, 15) is 0 Å². The van der Waals surface area contributed by atoms with Crippen LogP contribution in [-0.4, -0.2) is 0 Å². The lowest BCUT2D eigenvalue weighted by molar-refractivity contribution is 0.481. The molecule has 0 radical (unpaired) electrons. The van der Waals surface area contributed by atoms with Crippen molar-refractivity contribution in [3.8, 4) is 11.8 Å². The van der Waals surface area contributed by atoms with Gasteiger partial charge < -0.3 is 0 Å². The Labute approximate surface area is 51.3 Å². The Morgan fingerprint density at radius 1 is 1.50 bits per heavy atom. The van der Waals surface area contributed by atoms with Crippen LogP contribution < -0.4 is 0 Å². The van der Waals surface area contributed by atoms with Crippen molar-refractivity contribution in [2.24, 2.45) is 5.92 Å². The SMILES string of the molecule is CCC1CC#CCC1. The van der Waals surface area contributed by atoms with Gasteiger partial charge in [0.25, 0.3) is 0 Å². The molecular formula is C8H12. The molecule has 0 fully saturated rings. The highest BCUT2D eigenvalue weighted by Gasteiger charge is 2.04. The van der Waals surface area contributed by atoms with Gasteiger partial charge in [0.1, 0.15) is 0 Å². The predicted molar refractivity (Wildman–Crippen MR) is 35.4 cm³/mol. The highest BCUT2D eigenvalue weighted by molar-refractivity contribution is 5.03. The van der Waals surface area contributed by atoms with Crippen molar-refractivity contribution >= 4 is 0 Å². The summed E-state index contributed by atoms with van der Waals surface area (Å²) in [4.78, 5) is 0. The predicted octanol–water partition coefficient (Wildman–Crippen LogP) is 2.20. The molecule has 8 heavy (non-hydrogen) atoms. The van der Waals surface area contributed by atoms with Crippen LogP contribution in [0.5, 0.6) is 0 Å². The monoisotopic (exact) mass is 108 g/mol. The van der Waals surface area contributed by atoms with Gasteiger partial charge in [0.05, 0.1) is 0 Å². The molecule has 0 aromatic rings. The highest BCUT2D eigenvalue weighted by Crippen LogP contribution is 2.16. The average Bonchev–Trinajstić information content (AvgIpc) is 1.90. The van der Waals surface area contributed by atoms with E-state index in [1.165, 1.54) is 12.8 Å². The van der Waals surface area contributed by atoms with Crippen molar-refractivity contribution in [2.45, 2.75) is 32.6 Å². The molecule has 0 amide bonds. The second-order valence-corrected chi connectivity index (χ2v) is 2.37. The molecule has 1 atom stereocenters. The van der Waals surface area contributed by atoms with Crippen molar-refractivity contribution in [1.82, 2.24) is 0 Å². The molecule has 0 heterocycles. The van der Waals surface area contributed by atoms with Crippen LogP contribution in [0.3, 0.4) is 0 Å². The van der Waals surface area contributed by atoms with Crippen molar-refractivity contribution in [3.63, 3.8) is 0 Å². The zero-order chi connectivity index (χ0) is 5.82. The van der Waals surface area contributed by atoms with Gasteiger partial charge >= 0.3 is 0 Å². The third-order valence-electron chi connectivity index (χ3n) is 1.77. The fourth-order valence-electron chi connectivity index (χ4n) is 1.03. The Morgan fingerprint density at radius 3 is 2.75 bits per heavy atom. The minimum atomic E-state index is 0.913. The molecular weight excluding hydrogens is 96.1 g/mol. The van der Waals surface area contributed by atoms with E-state index in [1.807, 2.05) is 0 Å². The minimum Gasteiger partial charge on any atom is -0.103 e. The van der Waals surface area contributed by atoms with Gasteiger partial charge in [-0.3, -0.25) is 0 Å². The van der Waals surface area contributed by atoms with Gasteiger partial charge in [-0.1, -0.05) is 13.3 Å². The molecule has 0 N–H and O–H groups in total. The van der Waals surface area contributed by atoms with E-state index in [0.717, 1.165) is 18.8 Å². The summed E-state index contributed by atoms with van der Waals surface area (Å²) >= 11 is 0. The van der Waals surface area contributed by atoms with Crippen LogP contribution in [-0.2, 0) is 0 Å². The first-order valence-electron chi connectivity index (χ1n) is 3.39. The number of rotatable bonds is 1. The molecule has 1 rings (SSSR count). The Hall–Kier alpha value is -0.440. The van der Waals surface area contributed by atoms with Gasteiger partial charge in [-0.05, 0) is 12.3 Å². The van der Waals surface area contributed by atoms with E-state index < -0.39 is 0 Å². The first kappa shape index (κ1) is 5.69. The molecule has 0 nitrogen and oxygen atoms in total. The lowest BCUT2D eigenvalue weighted by atomic mass is 9.94. The molecule has 0 saturated heterocycles. The van der Waals surface area contributed by atoms with E-state index in [2.05, 4.69) is 18.8 Å². The fraction of sp³-hybridized carbons (Fsp3) is 0.750. The number of hydrogen-bond donors (Lipinski definition) is 0. The second kappa shape index (κ2) is 2.77. The molecule has 0 heteroatoms. The standard InChI is InChI=1S/C8H12/c1-2-8-6-4-3-5-7-8/h8H,2,4,6-7H2,1H3. The Kier molecular flexibility index (Phi) is 1.97. The molecule has 0 saturated carbocycles. The van der Waals surface area contributed by atoms with Crippen LogP contribution in [0.4, 0.5) is 0 Å². The zero-order valence-corrected chi connectivity index (χ0v) is 5.41. The van der Waals surface area contributed by atoms with Crippen molar-refractivity contribution < 1.29 is 0 Å². The van der Waals surface area contributed by atoms with E-state index in [4.69, 9.17) is 0 Å². The average molecular weight is 108 g/mol. The van der Waals surface area contributed by atoms with E-state index in [1.54, 1.807) is 0 Å². The summed E-state index contributed by atoms with van der Waals surface area (Å²) in [6.07, 6.45) is 4.94. The van der Waals surface area contributed by atoms with Gasteiger partial charge in [0.2, 0.25) is 0 Å². The summed E-state index contributed by atoms with van der Waals surface area (Å²) in [5.41, 5.74) is 0. The summed E-state index contributed by atoms with van der Waals surface area (Å²) in [7, 11) is 0. The molecule has 1 aliphatic carbocycles. The van der Waals surface area contributed by atoms with Crippen LogP contribution in [0.1, 0.15) is 32.6 Å².